The summed E-state index contributed by atoms with van der Waals surface area (Å²) in [6.45, 7) is 4.12. The number of anilines is 1. The maximum Gasteiger partial charge on any atom is 0.207 e. The van der Waals surface area contributed by atoms with Crippen LogP contribution in [0.5, 0.6) is 0 Å². The fraction of sp³-hybridized carbons (Fsp3) is 0.250. The van der Waals surface area contributed by atoms with Crippen LogP contribution in [0.2, 0.25) is 0 Å². The lowest BCUT2D eigenvalue weighted by Crippen LogP contribution is -2.07. The number of nitrogens with zero attached hydrogens (tertiary/aromatic N) is 2. The Hall–Kier alpha value is -1.98. The Labute approximate surface area is 102 Å². The van der Waals surface area contributed by atoms with Crippen molar-refractivity contribution in [3.05, 3.63) is 41.5 Å². The smallest absolute Gasteiger partial charge is 0.207 e. The van der Waals surface area contributed by atoms with Crippen LogP contribution in [-0.2, 0) is 0 Å². The fourth-order valence-electron chi connectivity index (χ4n) is 1.68. The zero-order valence-corrected chi connectivity index (χ0v) is 9.97. The maximum atomic E-state index is 13.7. The molecule has 1 heterocycles. The third-order valence-electron chi connectivity index (χ3n) is 2.39. The van der Waals surface area contributed by atoms with E-state index in [4.69, 9.17) is 0 Å². The van der Waals surface area contributed by atoms with Crippen molar-refractivity contribution in [1.29, 1.82) is 0 Å². The molecule has 0 aliphatic heterocycles. The van der Waals surface area contributed by atoms with Crippen molar-refractivity contribution >= 4 is 5.95 Å². The molecule has 1 aromatic heterocycles. The van der Waals surface area contributed by atoms with Crippen LogP contribution in [0.15, 0.2) is 18.3 Å². The van der Waals surface area contributed by atoms with Gasteiger partial charge in [0.1, 0.15) is 5.82 Å². The van der Waals surface area contributed by atoms with E-state index in [1.165, 1.54) is 10.8 Å². The first kappa shape index (κ1) is 12.5. The van der Waals surface area contributed by atoms with Gasteiger partial charge in [-0.1, -0.05) is 0 Å². The van der Waals surface area contributed by atoms with Crippen molar-refractivity contribution in [3.63, 3.8) is 0 Å². The van der Waals surface area contributed by atoms with Crippen molar-refractivity contribution in [2.24, 2.45) is 0 Å². The molecule has 0 unspecified atom stereocenters. The summed E-state index contributed by atoms with van der Waals surface area (Å²) >= 11 is 0. The van der Waals surface area contributed by atoms with E-state index in [1.807, 2.05) is 6.92 Å². The quantitative estimate of drug-likeness (QED) is 0.854. The zero-order valence-electron chi connectivity index (χ0n) is 9.97. The molecule has 0 saturated heterocycles. The third kappa shape index (κ3) is 2.18. The van der Waals surface area contributed by atoms with E-state index in [0.717, 1.165) is 6.07 Å². The number of hydrogen-bond acceptors (Lipinski definition) is 2. The second kappa shape index (κ2) is 4.72. The molecular formula is C12H12F3N3. The normalized spacial score (nSPS) is 10.7. The van der Waals surface area contributed by atoms with Crippen LogP contribution in [0.4, 0.5) is 19.1 Å². The van der Waals surface area contributed by atoms with Crippen LogP contribution in [0.3, 0.4) is 0 Å². The summed E-state index contributed by atoms with van der Waals surface area (Å²) in [6.07, 6.45) is 1.51. The Balaban J connectivity index is 2.61. The van der Waals surface area contributed by atoms with E-state index in [-0.39, 0.29) is 5.69 Å². The van der Waals surface area contributed by atoms with E-state index in [2.05, 4.69) is 10.3 Å². The molecule has 0 radical (unpaired) electrons. The molecule has 0 spiro atoms. The molecule has 18 heavy (non-hydrogen) atoms. The number of imidazole rings is 1. The summed E-state index contributed by atoms with van der Waals surface area (Å²) in [7, 11) is 0. The summed E-state index contributed by atoms with van der Waals surface area (Å²) in [5, 5.41) is 2.90. The minimum atomic E-state index is -1.22. The first-order valence-corrected chi connectivity index (χ1v) is 5.47. The van der Waals surface area contributed by atoms with Crippen LogP contribution >= 0.6 is 0 Å². The van der Waals surface area contributed by atoms with Gasteiger partial charge in [0.15, 0.2) is 11.6 Å². The van der Waals surface area contributed by atoms with Gasteiger partial charge in [0.25, 0.3) is 0 Å². The highest BCUT2D eigenvalue weighted by atomic mass is 19.2. The minimum Gasteiger partial charge on any atom is -0.356 e. The van der Waals surface area contributed by atoms with E-state index in [9.17, 15) is 13.2 Å². The summed E-state index contributed by atoms with van der Waals surface area (Å²) < 4.78 is 41.3. The fourth-order valence-corrected chi connectivity index (χ4v) is 1.68. The van der Waals surface area contributed by atoms with Crippen LogP contribution in [0.25, 0.3) is 5.69 Å². The monoisotopic (exact) mass is 255 g/mol. The van der Waals surface area contributed by atoms with Crippen molar-refractivity contribution in [3.8, 4) is 5.69 Å². The first-order chi connectivity index (χ1) is 8.52. The lowest BCUT2D eigenvalue weighted by atomic mass is 10.2. The molecular weight excluding hydrogens is 243 g/mol. The number of halogens is 3. The standard InChI is InChI=1S/C12H12F3N3/c1-3-16-12-17-7(2)6-18(12)10-5-8(13)4-9(14)11(10)15/h4-6H,3H2,1-2H3,(H,16,17). The number of aromatic nitrogens is 2. The molecule has 1 N–H and O–H groups in total. The second-order valence-electron chi connectivity index (χ2n) is 3.83. The summed E-state index contributed by atoms with van der Waals surface area (Å²) in [4.78, 5) is 4.12. The van der Waals surface area contributed by atoms with Crippen molar-refractivity contribution < 1.29 is 13.2 Å². The van der Waals surface area contributed by atoms with Gasteiger partial charge in [-0.05, 0) is 13.8 Å². The van der Waals surface area contributed by atoms with Gasteiger partial charge in [0.05, 0.1) is 11.4 Å². The SMILES string of the molecule is CCNc1nc(C)cn1-c1cc(F)cc(F)c1F. The highest BCUT2D eigenvalue weighted by molar-refractivity contribution is 5.44. The van der Waals surface area contributed by atoms with Gasteiger partial charge in [0.2, 0.25) is 5.95 Å². The first-order valence-electron chi connectivity index (χ1n) is 5.47. The Kier molecular flexibility index (Phi) is 3.27. The number of nitrogens with one attached hydrogen (secondary N) is 1. The molecule has 96 valence electrons. The lowest BCUT2D eigenvalue weighted by Gasteiger charge is -2.09. The van der Waals surface area contributed by atoms with E-state index in [1.54, 1.807) is 6.92 Å². The molecule has 2 aromatic rings. The van der Waals surface area contributed by atoms with Gasteiger partial charge in [-0.15, -0.1) is 0 Å². The molecule has 0 aliphatic rings. The predicted molar refractivity (Wildman–Crippen MR) is 62.3 cm³/mol. The van der Waals surface area contributed by atoms with Crippen LogP contribution in [0, 0.1) is 24.4 Å². The average Bonchev–Trinajstić information content (AvgIpc) is 2.65. The van der Waals surface area contributed by atoms with Gasteiger partial charge in [0, 0.05) is 24.9 Å². The Morgan fingerprint density at radius 1 is 1.28 bits per heavy atom. The van der Waals surface area contributed by atoms with Crippen molar-refractivity contribution in [2.75, 3.05) is 11.9 Å². The van der Waals surface area contributed by atoms with Gasteiger partial charge in [-0.3, -0.25) is 4.57 Å². The summed E-state index contributed by atoms with van der Waals surface area (Å²) in [6, 6.07) is 1.44. The second-order valence-corrected chi connectivity index (χ2v) is 3.83. The zero-order chi connectivity index (χ0) is 13.3. The largest absolute Gasteiger partial charge is 0.356 e. The molecule has 0 aliphatic carbocycles. The topological polar surface area (TPSA) is 29.9 Å². The van der Waals surface area contributed by atoms with E-state index in [0.29, 0.717) is 24.3 Å². The molecule has 6 heteroatoms. The van der Waals surface area contributed by atoms with Gasteiger partial charge in [-0.25, -0.2) is 18.2 Å². The number of benzene rings is 1. The number of aryl methyl sites for hydroxylation is 1. The Bertz CT molecular complexity index is 578. The average molecular weight is 255 g/mol. The Morgan fingerprint density at radius 3 is 2.67 bits per heavy atom. The van der Waals surface area contributed by atoms with Crippen LogP contribution in [0.1, 0.15) is 12.6 Å². The summed E-state index contributed by atoms with van der Waals surface area (Å²) in [5.41, 5.74) is 0.416. The molecule has 1 aromatic carbocycles. The number of hydrogen-bond donors (Lipinski definition) is 1. The number of rotatable bonds is 3. The van der Waals surface area contributed by atoms with Crippen molar-refractivity contribution in [1.82, 2.24) is 9.55 Å². The van der Waals surface area contributed by atoms with E-state index < -0.39 is 17.5 Å². The molecule has 3 nitrogen and oxygen atoms in total. The van der Waals surface area contributed by atoms with Crippen LogP contribution < -0.4 is 5.32 Å². The summed E-state index contributed by atoms with van der Waals surface area (Å²) in [5.74, 6) is -2.82. The molecule has 0 fully saturated rings. The van der Waals surface area contributed by atoms with Gasteiger partial charge >= 0.3 is 0 Å². The highest BCUT2D eigenvalue weighted by Crippen LogP contribution is 2.22. The van der Waals surface area contributed by atoms with Gasteiger partial charge < -0.3 is 5.32 Å². The third-order valence-corrected chi connectivity index (χ3v) is 2.39. The molecule has 2 rings (SSSR count). The minimum absolute atomic E-state index is 0.205. The maximum absolute atomic E-state index is 13.7. The molecule has 0 saturated carbocycles. The Morgan fingerprint density at radius 2 is 2.00 bits per heavy atom. The molecule has 0 atom stereocenters. The van der Waals surface area contributed by atoms with Crippen molar-refractivity contribution in [2.45, 2.75) is 13.8 Å². The van der Waals surface area contributed by atoms with Gasteiger partial charge in [-0.2, -0.15) is 0 Å². The highest BCUT2D eigenvalue weighted by Gasteiger charge is 2.16. The predicted octanol–water partition coefficient (Wildman–Crippen LogP) is 3.03. The van der Waals surface area contributed by atoms with Crippen LogP contribution in [-0.4, -0.2) is 16.1 Å². The lowest BCUT2D eigenvalue weighted by molar-refractivity contribution is 0.491. The molecule has 0 bridgehead atoms. The van der Waals surface area contributed by atoms with E-state index >= 15 is 0 Å². The molecule has 0 amide bonds.